The van der Waals surface area contributed by atoms with E-state index in [2.05, 4.69) is 14.8 Å². The van der Waals surface area contributed by atoms with Crippen molar-refractivity contribution in [2.45, 2.75) is 18.8 Å². The summed E-state index contributed by atoms with van der Waals surface area (Å²) >= 11 is 0. The lowest BCUT2D eigenvalue weighted by Gasteiger charge is -2.37. The number of rotatable bonds is 5. The smallest absolute Gasteiger partial charge is 0.234 e. The summed E-state index contributed by atoms with van der Waals surface area (Å²) < 4.78 is 0. The number of benzene rings is 2. The molecule has 1 amide bonds. The van der Waals surface area contributed by atoms with E-state index in [9.17, 15) is 4.79 Å². The number of nitrogens with zero attached hydrogens (tertiary/aromatic N) is 5. The van der Waals surface area contributed by atoms with Gasteiger partial charge in [0.15, 0.2) is 0 Å². The van der Waals surface area contributed by atoms with Crippen LogP contribution in [-0.4, -0.2) is 60.0 Å². The van der Waals surface area contributed by atoms with Crippen LogP contribution >= 0.6 is 0 Å². The van der Waals surface area contributed by atoms with E-state index in [0.717, 1.165) is 49.1 Å². The quantitative estimate of drug-likeness (QED) is 0.623. The Hall–Kier alpha value is -3.41. The summed E-state index contributed by atoms with van der Waals surface area (Å²) in [5.74, 6) is 1.68. The maximum absolute atomic E-state index is 13.6. The highest BCUT2D eigenvalue weighted by molar-refractivity contribution is 5.87. The molecule has 2 aliphatic rings. The van der Waals surface area contributed by atoms with Crippen molar-refractivity contribution in [1.82, 2.24) is 14.9 Å². The van der Waals surface area contributed by atoms with E-state index in [-0.39, 0.29) is 11.8 Å². The number of piperazine rings is 1. The molecule has 0 radical (unpaired) electrons. The molecule has 164 valence electrons. The van der Waals surface area contributed by atoms with Crippen molar-refractivity contribution >= 4 is 17.7 Å². The van der Waals surface area contributed by atoms with Crippen molar-refractivity contribution in [1.29, 1.82) is 0 Å². The van der Waals surface area contributed by atoms with Crippen LogP contribution in [0.25, 0.3) is 0 Å². The van der Waals surface area contributed by atoms with E-state index in [1.807, 2.05) is 77.8 Å². The number of anilines is 2. The highest BCUT2D eigenvalue weighted by Gasteiger charge is 2.30. The number of aromatic nitrogens is 2. The average Bonchev–Trinajstić information content (AvgIpc) is 3.41. The van der Waals surface area contributed by atoms with Gasteiger partial charge in [-0.3, -0.25) is 4.79 Å². The second-order valence-electron chi connectivity index (χ2n) is 8.48. The molecule has 0 spiro atoms. The van der Waals surface area contributed by atoms with Gasteiger partial charge in [0, 0.05) is 45.5 Å². The van der Waals surface area contributed by atoms with Gasteiger partial charge in [-0.1, -0.05) is 60.7 Å². The van der Waals surface area contributed by atoms with E-state index >= 15 is 0 Å². The molecule has 0 bridgehead atoms. The molecule has 6 heteroatoms. The number of hydrogen-bond donors (Lipinski definition) is 0. The molecular weight excluding hydrogens is 398 g/mol. The normalized spacial score (nSPS) is 16.6. The number of carbonyl (C=O) groups is 1. The summed E-state index contributed by atoms with van der Waals surface area (Å²) in [6.07, 6.45) is 4.27. The van der Waals surface area contributed by atoms with Crippen molar-refractivity contribution in [2.75, 3.05) is 49.1 Å². The van der Waals surface area contributed by atoms with E-state index in [1.165, 1.54) is 12.8 Å². The summed E-state index contributed by atoms with van der Waals surface area (Å²) in [6.45, 7) is 5.01. The van der Waals surface area contributed by atoms with Gasteiger partial charge in [-0.2, -0.15) is 4.98 Å². The Morgan fingerprint density at radius 3 is 1.91 bits per heavy atom. The second-order valence-corrected chi connectivity index (χ2v) is 8.48. The first-order valence-electron chi connectivity index (χ1n) is 11.5. The first kappa shape index (κ1) is 20.5. The number of carbonyl (C=O) groups excluding carboxylic acids is 1. The van der Waals surface area contributed by atoms with Crippen LogP contribution < -0.4 is 9.80 Å². The van der Waals surface area contributed by atoms with Crippen LogP contribution in [0.2, 0.25) is 0 Å². The Balaban J connectivity index is 1.30. The largest absolute Gasteiger partial charge is 0.353 e. The van der Waals surface area contributed by atoms with E-state index in [4.69, 9.17) is 4.98 Å². The molecular formula is C26H29N5O. The predicted molar refractivity (Wildman–Crippen MR) is 127 cm³/mol. The third kappa shape index (κ3) is 4.31. The summed E-state index contributed by atoms with van der Waals surface area (Å²) in [5.41, 5.74) is 2.08. The van der Waals surface area contributed by atoms with Gasteiger partial charge in [-0.25, -0.2) is 4.98 Å². The second kappa shape index (κ2) is 9.39. The van der Waals surface area contributed by atoms with E-state index in [1.54, 1.807) is 0 Å². The predicted octanol–water partition coefficient (Wildman–Crippen LogP) is 3.56. The number of amides is 1. The lowest BCUT2D eigenvalue weighted by molar-refractivity contribution is -0.132. The molecule has 3 aromatic rings. The van der Waals surface area contributed by atoms with Crippen LogP contribution in [0.5, 0.6) is 0 Å². The average molecular weight is 428 g/mol. The minimum Gasteiger partial charge on any atom is -0.353 e. The van der Waals surface area contributed by atoms with Crippen LogP contribution in [0, 0.1) is 0 Å². The molecule has 2 fully saturated rings. The monoisotopic (exact) mass is 427 g/mol. The van der Waals surface area contributed by atoms with Crippen molar-refractivity contribution in [3.05, 3.63) is 84.1 Å². The molecule has 2 saturated heterocycles. The zero-order valence-corrected chi connectivity index (χ0v) is 18.3. The molecule has 5 rings (SSSR count). The van der Waals surface area contributed by atoms with E-state index in [0.29, 0.717) is 13.1 Å². The molecule has 2 aromatic carbocycles. The molecule has 1 aromatic heterocycles. The minimum atomic E-state index is -0.273. The molecule has 6 nitrogen and oxygen atoms in total. The van der Waals surface area contributed by atoms with Crippen molar-refractivity contribution < 1.29 is 4.79 Å². The zero-order chi connectivity index (χ0) is 21.8. The van der Waals surface area contributed by atoms with Crippen LogP contribution in [0.15, 0.2) is 72.9 Å². The Morgan fingerprint density at radius 1 is 0.719 bits per heavy atom. The van der Waals surface area contributed by atoms with Crippen LogP contribution in [0.1, 0.15) is 29.9 Å². The van der Waals surface area contributed by atoms with Crippen molar-refractivity contribution in [2.24, 2.45) is 0 Å². The fraction of sp³-hybridized carbons (Fsp3) is 0.346. The fourth-order valence-corrected chi connectivity index (χ4v) is 4.69. The van der Waals surface area contributed by atoms with Crippen molar-refractivity contribution in [3.8, 4) is 0 Å². The van der Waals surface area contributed by atoms with Gasteiger partial charge in [0.2, 0.25) is 11.9 Å². The first-order valence-corrected chi connectivity index (χ1v) is 11.5. The van der Waals surface area contributed by atoms with Gasteiger partial charge in [-0.15, -0.1) is 0 Å². The molecule has 0 aliphatic carbocycles. The maximum atomic E-state index is 13.6. The summed E-state index contributed by atoms with van der Waals surface area (Å²) in [4.78, 5) is 29.5. The summed E-state index contributed by atoms with van der Waals surface area (Å²) in [5, 5.41) is 0. The molecule has 0 N–H and O–H groups in total. The maximum Gasteiger partial charge on any atom is 0.234 e. The molecule has 32 heavy (non-hydrogen) atoms. The van der Waals surface area contributed by atoms with Gasteiger partial charge in [0.25, 0.3) is 0 Å². The van der Waals surface area contributed by atoms with Gasteiger partial charge in [-0.05, 0) is 30.0 Å². The topological polar surface area (TPSA) is 52.6 Å². The lowest BCUT2D eigenvalue weighted by Crippen LogP contribution is -2.50. The van der Waals surface area contributed by atoms with Gasteiger partial charge >= 0.3 is 0 Å². The Labute approximate surface area is 189 Å². The SMILES string of the molecule is O=C(C(c1ccccc1)c1ccccc1)N1CCN(c2ccnc(N3CCCC3)n2)CC1. The van der Waals surface area contributed by atoms with Gasteiger partial charge < -0.3 is 14.7 Å². The third-order valence-electron chi connectivity index (χ3n) is 6.45. The molecule has 3 heterocycles. The fourth-order valence-electron chi connectivity index (χ4n) is 4.69. The molecule has 0 saturated carbocycles. The third-order valence-corrected chi connectivity index (χ3v) is 6.45. The standard InChI is InChI=1S/C26H29N5O/c32-25(24(21-9-3-1-4-10-21)22-11-5-2-6-12-22)30-19-17-29(18-20-30)23-13-14-27-26(28-23)31-15-7-8-16-31/h1-6,9-14,24H,7-8,15-20H2. The van der Waals surface area contributed by atoms with Crippen LogP contribution in [0.4, 0.5) is 11.8 Å². The van der Waals surface area contributed by atoms with Crippen LogP contribution in [0.3, 0.4) is 0 Å². The Bertz CT molecular complexity index is 989. The van der Waals surface area contributed by atoms with Gasteiger partial charge in [0.1, 0.15) is 5.82 Å². The Kier molecular flexibility index (Phi) is 6.01. The number of hydrogen-bond acceptors (Lipinski definition) is 5. The van der Waals surface area contributed by atoms with Crippen molar-refractivity contribution in [3.63, 3.8) is 0 Å². The lowest BCUT2D eigenvalue weighted by atomic mass is 9.90. The molecule has 0 unspecified atom stereocenters. The van der Waals surface area contributed by atoms with Gasteiger partial charge in [0.05, 0.1) is 5.92 Å². The van der Waals surface area contributed by atoms with Crippen LogP contribution in [-0.2, 0) is 4.79 Å². The van der Waals surface area contributed by atoms with E-state index < -0.39 is 0 Å². The highest BCUT2D eigenvalue weighted by Crippen LogP contribution is 2.28. The zero-order valence-electron chi connectivity index (χ0n) is 18.3. The summed E-state index contributed by atoms with van der Waals surface area (Å²) in [6, 6.07) is 22.2. The Morgan fingerprint density at radius 2 is 1.31 bits per heavy atom. The molecule has 2 aliphatic heterocycles. The summed E-state index contributed by atoms with van der Waals surface area (Å²) in [7, 11) is 0. The highest BCUT2D eigenvalue weighted by atomic mass is 16.2. The first-order chi connectivity index (χ1) is 15.8. The minimum absolute atomic E-state index is 0.169. The molecule has 0 atom stereocenters.